The van der Waals surface area contributed by atoms with Gasteiger partial charge in [0.25, 0.3) is 0 Å². The highest BCUT2D eigenvalue weighted by atomic mass is 15.2. The zero-order valence-electron chi connectivity index (χ0n) is 12.1. The van der Waals surface area contributed by atoms with Crippen LogP contribution in [0.5, 0.6) is 0 Å². The van der Waals surface area contributed by atoms with Crippen molar-refractivity contribution in [2.24, 2.45) is 17.6 Å². The maximum Gasteiger partial charge on any atom is 0.0414 e. The lowest BCUT2D eigenvalue weighted by Gasteiger charge is -2.43. The van der Waals surface area contributed by atoms with E-state index in [4.69, 9.17) is 5.73 Å². The van der Waals surface area contributed by atoms with Gasteiger partial charge in [-0.2, -0.15) is 0 Å². The topological polar surface area (TPSA) is 29.3 Å². The minimum absolute atomic E-state index is 0.606. The van der Waals surface area contributed by atoms with Gasteiger partial charge in [-0.05, 0) is 43.7 Å². The minimum atomic E-state index is 0.606. The third kappa shape index (κ3) is 2.54. The van der Waals surface area contributed by atoms with Crippen LogP contribution in [0.25, 0.3) is 0 Å². The Kier molecular flexibility index (Phi) is 3.96. The molecule has 0 aromatic heterocycles. The van der Waals surface area contributed by atoms with Crippen LogP contribution in [0.15, 0.2) is 18.2 Å². The van der Waals surface area contributed by atoms with Crippen molar-refractivity contribution in [2.45, 2.75) is 46.7 Å². The first-order valence-corrected chi connectivity index (χ1v) is 7.09. The smallest absolute Gasteiger partial charge is 0.0414 e. The molecule has 2 rings (SSSR count). The Morgan fingerprint density at radius 2 is 2.00 bits per heavy atom. The van der Waals surface area contributed by atoms with E-state index in [1.165, 1.54) is 23.2 Å². The minimum Gasteiger partial charge on any atom is -0.368 e. The van der Waals surface area contributed by atoms with Gasteiger partial charge < -0.3 is 10.6 Å². The first-order chi connectivity index (χ1) is 8.52. The number of anilines is 1. The largest absolute Gasteiger partial charge is 0.368 e. The maximum absolute atomic E-state index is 5.91. The van der Waals surface area contributed by atoms with Crippen molar-refractivity contribution < 1.29 is 0 Å². The summed E-state index contributed by atoms with van der Waals surface area (Å²) in [6.07, 6.45) is 1.33. The van der Waals surface area contributed by atoms with Crippen LogP contribution in [0.2, 0.25) is 0 Å². The zero-order valence-corrected chi connectivity index (χ0v) is 12.1. The van der Waals surface area contributed by atoms with Crippen LogP contribution in [-0.4, -0.2) is 12.6 Å². The molecule has 1 saturated heterocycles. The summed E-state index contributed by atoms with van der Waals surface area (Å²) in [4.78, 5) is 2.56. The van der Waals surface area contributed by atoms with Gasteiger partial charge in [0, 0.05) is 24.8 Å². The highest BCUT2D eigenvalue weighted by molar-refractivity contribution is 5.56. The molecule has 2 heteroatoms. The maximum atomic E-state index is 5.91. The van der Waals surface area contributed by atoms with Gasteiger partial charge in [0.05, 0.1) is 0 Å². The van der Waals surface area contributed by atoms with E-state index in [1.54, 1.807) is 0 Å². The molecule has 3 atom stereocenters. The van der Waals surface area contributed by atoms with Gasteiger partial charge in [-0.15, -0.1) is 0 Å². The van der Waals surface area contributed by atoms with Gasteiger partial charge in [-0.25, -0.2) is 0 Å². The second kappa shape index (κ2) is 5.31. The normalized spacial score (nSPS) is 28.5. The molecule has 0 radical (unpaired) electrons. The fraction of sp³-hybridized carbons (Fsp3) is 0.625. The summed E-state index contributed by atoms with van der Waals surface area (Å²) in [6, 6.07) is 7.28. The molecule has 0 aliphatic carbocycles. The summed E-state index contributed by atoms with van der Waals surface area (Å²) in [7, 11) is 0. The number of piperidine rings is 1. The van der Waals surface area contributed by atoms with Crippen molar-refractivity contribution in [3.05, 3.63) is 29.3 Å². The molecule has 0 bridgehead atoms. The first-order valence-electron chi connectivity index (χ1n) is 7.09. The molecule has 1 aliphatic rings. The van der Waals surface area contributed by atoms with E-state index < -0.39 is 0 Å². The lowest BCUT2D eigenvalue weighted by Crippen LogP contribution is -2.46. The number of nitrogens with two attached hydrogens (primary N) is 1. The summed E-state index contributed by atoms with van der Waals surface area (Å²) in [5.74, 6) is 1.52. The van der Waals surface area contributed by atoms with Crippen molar-refractivity contribution in [1.29, 1.82) is 0 Å². The average molecular weight is 246 g/mol. The number of rotatable bonds is 2. The van der Waals surface area contributed by atoms with E-state index in [2.05, 4.69) is 50.8 Å². The van der Waals surface area contributed by atoms with Crippen LogP contribution >= 0.6 is 0 Å². The van der Waals surface area contributed by atoms with E-state index >= 15 is 0 Å². The quantitative estimate of drug-likeness (QED) is 0.867. The fourth-order valence-corrected chi connectivity index (χ4v) is 3.19. The van der Waals surface area contributed by atoms with Gasteiger partial charge in [0.15, 0.2) is 0 Å². The Morgan fingerprint density at radius 1 is 1.28 bits per heavy atom. The van der Waals surface area contributed by atoms with Crippen molar-refractivity contribution in [1.82, 2.24) is 0 Å². The lowest BCUT2D eigenvalue weighted by molar-refractivity contribution is 0.296. The monoisotopic (exact) mass is 246 g/mol. The van der Waals surface area contributed by atoms with Gasteiger partial charge in [0.1, 0.15) is 0 Å². The summed E-state index contributed by atoms with van der Waals surface area (Å²) >= 11 is 0. The number of aryl methyl sites for hydroxylation is 1. The molecule has 1 aliphatic heterocycles. The Hall–Kier alpha value is -1.02. The highest BCUT2D eigenvalue weighted by Crippen LogP contribution is 2.33. The zero-order chi connectivity index (χ0) is 13.3. The predicted molar refractivity (Wildman–Crippen MR) is 78.8 cm³/mol. The molecular weight excluding hydrogens is 220 g/mol. The molecule has 1 heterocycles. The van der Waals surface area contributed by atoms with Crippen molar-refractivity contribution in [2.75, 3.05) is 11.4 Å². The van der Waals surface area contributed by atoms with E-state index in [0.717, 1.165) is 18.4 Å². The second-order valence-corrected chi connectivity index (χ2v) is 6.05. The van der Waals surface area contributed by atoms with Crippen molar-refractivity contribution in [3.63, 3.8) is 0 Å². The van der Waals surface area contributed by atoms with Crippen LogP contribution in [0, 0.1) is 18.8 Å². The van der Waals surface area contributed by atoms with Gasteiger partial charge in [0.2, 0.25) is 0 Å². The fourth-order valence-electron chi connectivity index (χ4n) is 3.19. The average Bonchev–Trinajstić information content (AvgIpc) is 2.34. The van der Waals surface area contributed by atoms with E-state index in [9.17, 15) is 0 Å². The molecule has 18 heavy (non-hydrogen) atoms. The summed E-state index contributed by atoms with van der Waals surface area (Å²) in [6.45, 7) is 11.0. The summed E-state index contributed by atoms with van der Waals surface area (Å²) in [5.41, 5.74) is 9.83. The molecule has 0 saturated carbocycles. The number of benzene rings is 1. The van der Waals surface area contributed by atoms with Crippen LogP contribution in [0.3, 0.4) is 0 Å². The highest BCUT2D eigenvalue weighted by Gasteiger charge is 2.29. The second-order valence-electron chi connectivity index (χ2n) is 6.05. The molecule has 2 N–H and O–H groups in total. The Balaban J connectivity index is 2.34. The Morgan fingerprint density at radius 3 is 2.67 bits per heavy atom. The molecule has 2 nitrogen and oxygen atoms in total. The van der Waals surface area contributed by atoms with Gasteiger partial charge >= 0.3 is 0 Å². The third-order valence-electron chi connectivity index (χ3n) is 4.36. The molecule has 3 unspecified atom stereocenters. The third-order valence-corrected chi connectivity index (χ3v) is 4.36. The number of nitrogens with zero attached hydrogens (tertiary/aromatic N) is 1. The molecular formula is C16H26N2. The number of hydrogen-bond donors (Lipinski definition) is 1. The van der Waals surface area contributed by atoms with Crippen LogP contribution in [0.4, 0.5) is 5.69 Å². The van der Waals surface area contributed by atoms with Gasteiger partial charge in [-0.1, -0.05) is 31.5 Å². The van der Waals surface area contributed by atoms with Crippen LogP contribution < -0.4 is 10.6 Å². The molecule has 1 fully saturated rings. The van der Waals surface area contributed by atoms with Crippen molar-refractivity contribution >= 4 is 5.69 Å². The van der Waals surface area contributed by atoms with Crippen LogP contribution in [0.1, 0.15) is 38.3 Å². The van der Waals surface area contributed by atoms with Gasteiger partial charge in [-0.3, -0.25) is 0 Å². The van der Waals surface area contributed by atoms with E-state index in [-0.39, 0.29) is 0 Å². The Labute approximate surface area is 111 Å². The molecule has 100 valence electrons. The van der Waals surface area contributed by atoms with E-state index in [0.29, 0.717) is 12.6 Å². The molecule has 1 aromatic rings. The van der Waals surface area contributed by atoms with Crippen molar-refractivity contribution in [3.8, 4) is 0 Å². The predicted octanol–water partition coefficient (Wildman–Crippen LogP) is 3.32. The standard InChI is InChI=1S/C16H26N2/c1-11-5-6-16(15(8-11)9-17)18-10-12(2)7-13(3)14(18)4/h5-6,8,12-14H,7,9-10,17H2,1-4H3. The Bertz CT molecular complexity index is 414. The number of hydrogen-bond acceptors (Lipinski definition) is 2. The van der Waals surface area contributed by atoms with Crippen LogP contribution in [-0.2, 0) is 6.54 Å². The molecule has 0 amide bonds. The lowest BCUT2D eigenvalue weighted by atomic mass is 9.85. The van der Waals surface area contributed by atoms with E-state index in [1.807, 2.05) is 0 Å². The first kappa shape index (κ1) is 13.4. The molecule has 0 spiro atoms. The summed E-state index contributed by atoms with van der Waals surface area (Å²) < 4.78 is 0. The summed E-state index contributed by atoms with van der Waals surface area (Å²) in [5, 5.41) is 0. The SMILES string of the molecule is Cc1ccc(N2CC(C)CC(C)C2C)c(CN)c1. The molecule has 1 aromatic carbocycles.